The van der Waals surface area contributed by atoms with Crippen molar-refractivity contribution in [1.82, 2.24) is 4.98 Å². The van der Waals surface area contributed by atoms with Crippen molar-refractivity contribution >= 4 is 11.3 Å². The van der Waals surface area contributed by atoms with Crippen molar-refractivity contribution in [2.24, 2.45) is 5.73 Å². The fraction of sp³-hybridized carbons (Fsp3) is 0.438. The van der Waals surface area contributed by atoms with Crippen LogP contribution in [0.2, 0.25) is 0 Å². The number of aromatic nitrogens is 1. The van der Waals surface area contributed by atoms with Gasteiger partial charge in [-0.3, -0.25) is 0 Å². The molecule has 0 saturated carbocycles. The maximum atomic E-state index is 6.15. The Morgan fingerprint density at radius 1 is 1.24 bits per heavy atom. The molecule has 0 atom stereocenters. The number of ether oxygens (including phenoxy) is 2. The van der Waals surface area contributed by atoms with E-state index in [0.29, 0.717) is 6.61 Å². The zero-order valence-corrected chi connectivity index (χ0v) is 13.8. The SMILES string of the molecule is COc1ccccc1OCCc1nc(C)c(C(C)(C)N)s1. The molecule has 5 heteroatoms. The summed E-state index contributed by atoms with van der Waals surface area (Å²) in [7, 11) is 1.64. The number of benzene rings is 1. The number of hydrogen-bond acceptors (Lipinski definition) is 5. The predicted octanol–water partition coefficient (Wildman–Crippen LogP) is 3.28. The van der Waals surface area contributed by atoms with Gasteiger partial charge >= 0.3 is 0 Å². The van der Waals surface area contributed by atoms with Crippen LogP contribution in [0, 0.1) is 6.92 Å². The Bertz CT molecular complexity index is 603. The lowest BCUT2D eigenvalue weighted by Crippen LogP contribution is -2.28. The molecule has 0 bridgehead atoms. The normalized spacial score (nSPS) is 11.5. The minimum Gasteiger partial charge on any atom is -0.493 e. The zero-order chi connectivity index (χ0) is 15.5. The van der Waals surface area contributed by atoms with Crippen molar-refractivity contribution in [2.75, 3.05) is 13.7 Å². The number of nitrogens with zero attached hydrogens (tertiary/aromatic N) is 1. The van der Waals surface area contributed by atoms with E-state index < -0.39 is 0 Å². The number of methoxy groups -OCH3 is 1. The van der Waals surface area contributed by atoms with Crippen molar-refractivity contribution in [3.63, 3.8) is 0 Å². The first-order valence-corrected chi connectivity index (χ1v) is 7.75. The quantitative estimate of drug-likeness (QED) is 0.890. The van der Waals surface area contributed by atoms with Crippen LogP contribution in [0.15, 0.2) is 24.3 Å². The van der Waals surface area contributed by atoms with E-state index in [4.69, 9.17) is 15.2 Å². The minimum absolute atomic E-state index is 0.344. The van der Waals surface area contributed by atoms with Gasteiger partial charge < -0.3 is 15.2 Å². The van der Waals surface area contributed by atoms with Gasteiger partial charge in [-0.1, -0.05) is 12.1 Å². The first kappa shape index (κ1) is 15.8. The van der Waals surface area contributed by atoms with Crippen LogP contribution >= 0.6 is 11.3 Å². The molecule has 2 aromatic rings. The third-order valence-electron chi connectivity index (χ3n) is 3.07. The molecule has 0 radical (unpaired) electrons. The van der Waals surface area contributed by atoms with Crippen LogP contribution in [-0.2, 0) is 12.0 Å². The molecule has 0 spiro atoms. The van der Waals surface area contributed by atoms with Crippen molar-refractivity contribution < 1.29 is 9.47 Å². The summed E-state index contributed by atoms with van der Waals surface area (Å²) in [5.41, 5.74) is 6.82. The second-order valence-electron chi connectivity index (χ2n) is 5.49. The van der Waals surface area contributed by atoms with Gasteiger partial charge in [0.2, 0.25) is 0 Å². The number of hydrogen-bond donors (Lipinski definition) is 1. The summed E-state index contributed by atoms with van der Waals surface area (Å²) in [6.07, 6.45) is 0.764. The fourth-order valence-electron chi connectivity index (χ4n) is 2.14. The summed E-state index contributed by atoms with van der Waals surface area (Å²) >= 11 is 1.66. The Kier molecular flexibility index (Phi) is 4.85. The maximum Gasteiger partial charge on any atom is 0.161 e. The first-order valence-electron chi connectivity index (χ1n) is 6.93. The Morgan fingerprint density at radius 2 is 1.90 bits per heavy atom. The molecule has 0 aliphatic heterocycles. The van der Waals surface area contributed by atoms with Crippen molar-refractivity contribution in [3.05, 3.63) is 39.8 Å². The molecule has 2 rings (SSSR count). The topological polar surface area (TPSA) is 57.4 Å². The first-order chi connectivity index (χ1) is 9.91. The van der Waals surface area contributed by atoms with E-state index in [-0.39, 0.29) is 5.54 Å². The monoisotopic (exact) mass is 306 g/mol. The predicted molar refractivity (Wildman–Crippen MR) is 86.3 cm³/mol. The maximum absolute atomic E-state index is 6.15. The van der Waals surface area contributed by atoms with Crippen LogP contribution in [0.3, 0.4) is 0 Å². The average molecular weight is 306 g/mol. The third-order valence-corrected chi connectivity index (χ3v) is 4.63. The summed E-state index contributed by atoms with van der Waals surface area (Å²) in [4.78, 5) is 5.71. The number of nitrogens with two attached hydrogens (primary N) is 1. The number of thiazole rings is 1. The largest absolute Gasteiger partial charge is 0.493 e. The van der Waals surface area contributed by atoms with Crippen LogP contribution in [0.4, 0.5) is 0 Å². The van der Waals surface area contributed by atoms with Gasteiger partial charge in [0.25, 0.3) is 0 Å². The van der Waals surface area contributed by atoms with Crippen LogP contribution in [0.1, 0.15) is 29.4 Å². The molecule has 2 N–H and O–H groups in total. The standard InChI is InChI=1S/C16H22N2O2S/c1-11-15(16(2,3)17)21-14(18-11)9-10-20-13-8-6-5-7-12(13)19-4/h5-8H,9-10,17H2,1-4H3. The molecular weight excluding hydrogens is 284 g/mol. The lowest BCUT2D eigenvalue weighted by atomic mass is 10.0. The molecule has 0 saturated heterocycles. The molecule has 4 nitrogen and oxygen atoms in total. The average Bonchev–Trinajstić information content (AvgIpc) is 2.80. The van der Waals surface area contributed by atoms with Gasteiger partial charge in [0, 0.05) is 16.8 Å². The lowest BCUT2D eigenvalue weighted by molar-refractivity contribution is 0.297. The number of rotatable bonds is 6. The molecule has 0 fully saturated rings. The molecule has 1 aromatic carbocycles. The second kappa shape index (κ2) is 6.45. The molecule has 114 valence electrons. The van der Waals surface area contributed by atoms with E-state index in [2.05, 4.69) is 4.98 Å². The summed E-state index contributed by atoms with van der Waals surface area (Å²) in [6, 6.07) is 7.64. The molecule has 0 amide bonds. The van der Waals surface area contributed by atoms with Crippen molar-refractivity contribution in [3.8, 4) is 11.5 Å². The minimum atomic E-state index is -0.344. The highest BCUT2D eigenvalue weighted by atomic mass is 32.1. The van der Waals surface area contributed by atoms with E-state index in [1.807, 2.05) is 45.0 Å². The number of aryl methyl sites for hydroxylation is 1. The van der Waals surface area contributed by atoms with Gasteiger partial charge in [-0.2, -0.15) is 0 Å². The van der Waals surface area contributed by atoms with E-state index in [0.717, 1.165) is 33.5 Å². The highest BCUT2D eigenvalue weighted by molar-refractivity contribution is 7.11. The summed E-state index contributed by atoms with van der Waals surface area (Å²) in [6.45, 7) is 6.58. The summed E-state index contributed by atoms with van der Waals surface area (Å²) < 4.78 is 11.0. The van der Waals surface area contributed by atoms with Crippen molar-refractivity contribution in [1.29, 1.82) is 0 Å². The van der Waals surface area contributed by atoms with Gasteiger partial charge in [-0.25, -0.2) is 4.98 Å². The van der Waals surface area contributed by atoms with Crippen LogP contribution < -0.4 is 15.2 Å². The molecule has 0 aliphatic rings. The van der Waals surface area contributed by atoms with E-state index in [1.54, 1.807) is 18.4 Å². The number of para-hydroxylation sites is 2. The van der Waals surface area contributed by atoms with Gasteiger partial charge in [-0.05, 0) is 32.9 Å². The van der Waals surface area contributed by atoms with Crippen LogP contribution in [0.25, 0.3) is 0 Å². The smallest absolute Gasteiger partial charge is 0.161 e. The van der Waals surface area contributed by atoms with E-state index in [1.165, 1.54) is 0 Å². The fourth-order valence-corrected chi connectivity index (χ4v) is 3.20. The summed E-state index contributed by atoms with van der Waals surface area (Å²) in [5, 5.41) is 1.05. The Hall–Kier alpha value is -1.59. The molecule has 0 aliphatic carbocycles. The molecule has 21 heavy (non-hydrogen) atoms. The summed E-state index contributed by atoms with van der Waals surface area (Å²) in [5.74, 6) is 1.50. The molecule has 1 aromatic heterocycles. The van der Waals surface area contributed by atoms with E-state index >= 15 is 0 Å². The molecular formula is C16H22N2O2S. The molecule has 0 unspecified atom stereocenters. The Labute approximate surface area is 129 Å². The van der Waals surface area contributed by atoms with E-state index in [9.17, 15) is 0 Å². The van der Waals surface area contributed by atoms with Crippen molar-refractivity contribution in [2.45, 2.75) is 32.7 Å². The van der Waals surface area contributed by atoms with Gasteiger partial charge in [-0.15, -0.1) is 11.3 Å². The zero-order valence-electron chi connectivity index (χ0n) is 13.0. The Morgan fingerprint density at radius 3 is 2.48 bits per heavy atom. The Balaban J connectivity index is 1.98. The van der Waals surface area contributed by atoms with Gasteiger partial charge in [0.05, 0.1) is 24.4 Å². The second-order valence-corrected chi connectivity index (χ2v) is 6.58. The highest BCUT2D eigenvalue weighted by Gasteiger charge is 2.21. The van der Waals surface area contributed by atoms with Gasteiger partial charge in [0.1, 0.15) is 0 Å². The highest BCUT2D eigenvalue weighted by Crippen LogP contribution is 2.29. The van der Waals surface area contributed by atoms with Crippen LogP contribution in [-0.4, -0.2) is 18.7 Å². The lowest BCUT2D eigenvalue weighted by Gasteiger charge is -2.16. The van der Waals surface area contributed by atoms with Crippen LogP contribution in [0.5, 0.6) is 11.5 Å². The van der Waals surface area contributed by atoms with Gasteiger partial charge in [0.15, 0.2) is 11.5 Å². The third kappa shape index (κ3) is 3.95. The molecule has 1 heterocycles.